The van der Waals surface area contributed by atoms with Gasteiger partial charge in [-0.1, -0.05) is 12.1 Å². The molecule has 1 unspecified atom stereocenters. The van der Waals surface area contributed by atoms with Gasteiger partial charge in [-0.05, 0) is 29.3 Å². The summed E-state index contributed by atoms with van der Waals surface area (Å²) in [6.45, 7) is -0.254. The van der Waals surface area contributed by atoms with Crippen LogP contribution in [-0.4, -0.2) is 54.3 Å². The molecule has 0 aliphatic carbocycles. The zero-order chi connectivity index (χ0) is 19.6. The second-order valence-electron chi connectivity index (χ2n) is 5.66. The van der Waals surface area contributed by atoms with Crippen molar-refractivity contribution in [2.45, 2.75) is 12.6 Å². The molecule has 1 aromatic carbocycles. The molecular formula is C16H15ClN6O4. The van der Waals surface area contributed by atoms with Crippen LogP contribution < -0.4 is 11.1 Å². The molecule has 11 heteroatoms. The highest BCUT2D eigenvalue weighted by atomic mass is 35.5. The number of aliphatic hydroxyl groups excluding tert-OH is 1. The molecule has 5 N–H and O–H groups in total. The maximum atomic E-state index is 11.1. The summed E-state index contributed by atoms with van der Waals surface area (Å²) in [4.78, 5) is 34.6. The lowest BCUT2D eigenvalue weighted by Gasteiger charge is -2.12. The first-order valence-electron chi connectivity index (χ1n) is 7.76. The van der Waals surface area contributed by atoms with Crippen LogP contribution in [0.4, 0.5) is 5.82 Å². The minimum Gasteiger partial charge on any atom is -0.480 e. The van der Waals surface area contributed by atoms with Crippen LogP contribution in [0.3, 0.4) is 0 Å². The minimum absolute atomic E-state index is 0.0992. The summed E-state index contributed by atoms with van der Waals surface area (Å²) < 4.78 is 1.70. The first kappa shape index (κ1) is 18.5. The van der Waals surface area contributed by atoms with Crippen LogP contribution in [-0.2, 0) is 11.3 Å². The van der Waals surface area contributed by atoms with E-state index in [1.165, 1.54) is 6.33 Å². The lowest BCUT2D eigenvalue weighted by Crippen LogP contribution is -2.33. The third-order valence-electron chi connectivity index (χ3n) is 3.82. The zero-order valence-corrected chi connectivity index (χ0v) is 14.6. The Labute approximate surface area is 157 Å². The average molecular weight is 391 g/mol. The fourth-order valence-corrected chi connectivity index (χ4v) is 2.62. The number of anilines is 1. The summed E-state index contributed by atoms with van der Waals surface area (Å²) in [5, 5.41) is 20.8. The number of carboxylic acid groups (broad SMARTS) is 1. The van der Waals surface area contributed by atoms with Crippen LogP contribution in [0, 0.1) is 0 Å². The van der Waals surface area contributed by atoms with E-state index in [-0.39, 0.29) is 11.1 Å². The number of halogens is 1. The Hall–Kier alpha value is -3.24. The number of amides is 1. The van der Waals surface area contributed by atoms with E-state index in [1.807, 2.05) is 0 Å². The van der Waals surface area contributed by atoms with Crippen LogP contribution in [0.15, 0.2) is 30.6 Å². The Morgan fingerprint density at radius 1 is 1.26 bits per heavy atom. The molecule has 0 aliphatic rings. The molecule has 0 fully saturated rings. The number of hydrogen-bond donors (Lipinski definition) is 4. The van der Waals surface area contributed by atoms with Gasteiger partial charge in [0.05, 0.1) is 19.5 Å². The van der Waals surface area contributed by atoms with Crippen molar-refractivity contribution in [3.8, 4) is 0 Å². The lowest BCUT2D eigenvalue weighted by molar-refractivity contribution is -0.138. The van der Waals surface area contributed by atoms with Crippen molar-refractivity contribution in [1.82, 2.24) is 19.5 Å². The normalized spacial score (nSPS) is 12.1. The molecule has 3 rings (SSSR count). The van der Waals surface area contributed by atoms with Crippen molar-refractivity contribution in [1.29, 1.82) is 0 Å². The highest BCUT2D eigenvalue weighted by Crippen LogP contribution is 2.22. The van der Waals surface area contributed by atoms with Crippen LogP contribution in [0.5, 0.6) is 0 Å². The van der Waals surface area contributed by atoms with E-state index >= 15 is 0 Å². The number of primary amides is 1. The third-order valence-corrected chi connectivity index (χ3v) is 3.99. The highest BCUT2D eigenvalue weighted by Gasteiger charge is 2.20. The van der Waals surface area contributed by atoms with Gasteiger partial charge in [0, 0.05) is 5.56 Å². The van der Waals surface area contributed by atoms with E-state index in [0.29, 0.717) is 23.3 Å². The maximum Gasteiger partial charge on any atom is 0.328 e. The van der Waals surface area contributed by atoms with Crippen molar-refractivity contribution < 1.29 is 19.8 Å². The maximum absolute atomic E-state index is 11.1. The average Bonchev–Trinajstić information content (AvgIpc) is 3.02. The first-order chi connectivity index (χ1) is 12.9. The highest BCUT2D eigenvalue weighted by molar-refractivity contribution is 6.28. The number of benzene rings is 1. The van der Waals surface area contributed by atoms with Gasteiger partial charge < -0.3 is 25.8 Å². The van der Waals surface area contributed by atoms with Gasteiger partial charge in [0.25, 0.3) is 0 Å². The summed E-state index contributed by atoms with van der Waals surface area (Å²) >= 11 is 5.95. The molecular weight excluding hydrogens is 376 g/mol. The van der Waals surface area contributed by atoms with Crippen molar-refractivity contribution in [3.05, 3.63) is 47.0 Å². The molecule has 10 nitrogen and oxygen atoms in total. The number of aliphatic carboxylic acids is 1. The molecule has 1 amide bonds. The molecule has 2 heterocycles. The number of imidazole rings is 1. The molecule has 0 saturated heterocycles. The van der Waals surface area contributed by atoms with Crippen molar-refractivity contribution in [2.24, 2.45) is 5.73 Å². The van der Waals surface area contributed by atoms with Crippen LogP contribution in [0.2, 0.25) is 5.28 Å². The van der Waals surface area contributed by atoms with Crippen molar-refractivity contribution in [2.75, 3.05) is 11.9 Å². The second-order valence-corrected chi connectivity index (χ2v) is 6.00. The Balaban J connectivity index is 1.94. The van der Waals surface area contributed by atoms with E-state index in [9.17, 15) is 14.7 Å². The predicted molar refractivity (Wildman–Crippen MR) is 96.5 cm³/mol. The number of nitrogens with one attached hydrogen (secondary N) is 1. The number of nitrogens with two attached hydrogens (primary N) is 1. The molecule has 140 valence electrons. The Bertz CT molecular complexity index is 1000. The number of carboxylic acids is 1. The fraction of sp³-hybridized carbons (Fsp3) is 0.188. The van der Waals surface area contributed by atoms with E-state index in [4.69, 9.17) is 22.4 Å². The number of hydrogen-bond acceptors (Lipinski definition) is 7. The van der Waals surface area contributed by atoms with Gasteiger partial charge >= 0.3 is 5.97 Å². The molecule has 3 aromatic rings. The van der Waals surface area contributed by atoms with Gasteiger partial charge in [0.15, 0.2) is 17.0 Å². The predicted octanol–water partition coefficient (Wildman–Crippen LogP) is 0.484. The van der Waals surface area contributed by atoms with Crippen LogP contribution >= 0.6 is 11.6 Å². The summed E-state index contributed by atoms with van der Waals surface area (Å²) in [6.07, 6.45) is 1.51. The Kier molecular flexibility index (Phi) is 5.19. The van der Waals surface area contributed by atoms with E-state index in [2.05, 4.69) is 20.3 Å². The van der Waals surface area contributed by atoms with Crippen LogP contribution in [0.1, 0.15) is 15.9 Å². The first-order valence-corrected chi connectivity index (χ1v) is 8.14. The van der Waals surface area contributed by atoms with Gasteiger partial charge in [0.1, 0.15) is 6.04 Å². The number of carbonyl (C=O) groups excluding carboxylic acids is 1. The van der Waals surface area contributed by atoms with Gasteiger partial charge in [-0.25, -0.2) is 9.78 Å². The lowest BCUT2D eigenvalue weighted by atomic mass is 10.1. The fourth-order valence-electron chi connectivity index (χ4n) is 2.46. The molecule has 2 aromatic heterocycles. The molecule has 0 bridgehead atoms. The molecule has 0 spiro atoms. The standard InChI is InChI=1S/C16H15ClN6O4/c17-16-21-13(20-10(6-24)15(26)27)11-14(22-16)23(7-19-11)5-8-1-3-9(4-2-8)12(18)25/h1-4,7,10,24H,5-6H2,(H2,18,25)(H,26,27)(H,20,21,22). The second kappa shape index (κ2) is 7.56. The molecule has 27 heavy (non-hydrogen) atoms. The van der Waals surface area contributed by atoms with E-state index in [1.54, 1.807) is 28.8 Å². The van der Waals surface area contributed by atoms with E-state index < -0.39 is 24.5 Å². The quantitative estimate of drug-likeness (QED) is 0.424. The zero-order valence-electron chi connectivity index (χ0n) is 13.8. The third kappa shape index (κ3) is 3.96. The number of fused-ring (bicyclic) bond motifs is 1. The van der Waals surface area contributed by atoms with Crippen molar-refractivity contribution in [3.63, 3.8) is 0 Å². The SMILES string of the molecule is NC(=O)c1ccc(Cn2cnc3c(NC(CO)C(=O)O)nc(Cl)nc32)cc1. The number of carbonyl (C=O) groups is 2. The summed E-state index contributed by atoms with van der Waals surface area (Å²) in [5.74, 6) is -1.65. The van der Waals surface area contributed by atoms with Crippen molar-refractivity contribution >= 4 is 40.5 Å². The number of aliphatic hydroxyl groups is 1. The van der Waals surface area contributed by atoms with E-state index in [0.717, 1.165) is 5.56 Å². The summed E-state index contributed by atoms with van der Waals surface area (Å²) in [7, 11) is 0. The van der Waals surface area contributed by atoms with Gasteiger partial charge in [-0.2, -0.15) is 9.97 Å². The topological polar surface area (TPSA) is 156 Å². The number of rotatable bonds is 7. The van der Waals surface area contributed by atoms with Gasteiger partial charge in [0.2, 0.25) is 11.2 Å². The Morgan fingerprint density at radius 3 is 2.56 bits per heavy atom. The molecule has 0 saturated carbocycles. The summed E-state index contributed by atoms with van der Waals surface area (Å²) in [5.41, 5.74) is 7.19. The molecule has 0 aliphatic heterocycles. The summed E-state index contributed by atoms with van der Waals surface area (Å²) in [6, 6.07) is 5.47. The number of nitrogens with zero attached hydrogens (tertiary/aromatic N) is 4. The minimum atomic E-state index is -1.26. The number of aromatic nitrogens is 4. The molecule has 1 atom stereocenters. The van der Waals surface area contributed by atoms with Gasteiger partial charge in [-0.3, -0.25) is 4.79 Å². The van der Waals surface area contributed by atoms with Gasteiger partial charge in [-0.15, -0.1) is 0 Å². The Morgan fingerprint density at radius 2 is 1.96 bits per heavy atom. The van der Waals surface area contributed by atoms with Crippen LogP contribution in [0.25, 0.3) is 11.2 Å². The molecule has 0 radical (unpaired) electrons. The largest absolute Gasteiger partial charge is 0.480 e. The monoisotopic (exact) mass is 390 g/mol. The smallest absolute Gasteiger partial charge is 0.328 e.